The Morgan fingerprint density at radius 1 is 1.15 bits per heavy atom. The van der Waals surface area contributed by atoms with Gasteiger partial charge in [0.15, 0.2) is 0 Å². The third-order valence-corrected chi connectivity index (χ3v) is 3.72. The Hall–Kier alpha value is -0.330. The third kappa shape index (κ3) is 7.45. The van der Waals surface area contributed by atoms with E-state index in [2.05, 4.69) is 17.1 Å². The molecule has 0 aliphatic carbocycles. The molecule has 1 fully saturated rings. The van der Waals surface area contributed by atoms with Crippen LogP contribution in [0.15, 0.2) is 0 Å². The lowest BCUT2D eigenvalue weighted by Gasteiger charge is -2.32. The zero-order valence-corrected chi connectivity index (χ0v) is 12.3. The fourth-order valence-corrected chi connectivity index (χ4v) is 2.34. The van der Waals surface area contributed by atoms with E-state index in [1.807, 2.05) is 0 Å². The van der Waals surface area contributed by atoms with Crippen molar-refractivity contribution in [3.8, 4) is 0 Å². The van der Waals surface area contributed by atoms with Crippen LogP contribution in [0.5, 0.6) is 0 Å². The first-order chi connectivity index (χ1) is 9.54. The van der Waals surface area contributed by atoms with E-state index in [-0.39, 0.29) is 12.8 Å². The van der Waals surface area contributed by atoms with Crippen molar-refractivity contribution in [2.24, 2.45) is 5.92 Å². The van der Waals surface area contributed by atoms with E-state index >= 15 is 0 Å². The molecule has 0 aromatic rings. The molecule has 0 spiro atoms. The second kappa shape index (κ2) is 9.58. The number of nitrogens with zero attached hydrogens (tertiary/aromatic N) is 1. The fourth-order valence-electron chi connectivity index (χ4n) is 2.34. The van der Waals surface area contributed by atoms with Crippen LogP contribution in [0.3, 0.4) is 0 Å². The van der Waals surface area contributed by atoms with Gasteiger partial charge in [-0.1, -0.05) is 13.3 Å². The van der Waals surface area contributed by atoms with Crippen molar-refractivity contribution in [2.45, 2.75) is 38.8 Å². The summed E-state index contributed by atoms with van der Waals surface area (Å²) in [5.41, 5.74) is 0. The Kier molecular flexibility index (Phi) is 8.49. The molecule has 0 radical (unpaired) electrons. The fraction of sp³-hybridized carbons (Fsp3) is 1.00. The van der Waals surface area contributed by atoms with Gasteiger partial charge < -0.3 is 15.0 Å². The number of halogens is 3. The SMILES string of the molecule is CCCCOCCNCCN1CCC(C(F)(F)F)CC1. The minimum absolute atomic E-state index is 0.240. The third-order valence-electron chi connectivity index (χ3n) is 3.72. The number of rotatable bonds is 9. The lowest BCUT2D eigenvalue weighted by Crippen LogP contribution is -2.42. The summed E-state index contributed by atoms with van der Waals surface area (Å²) in [4.78, 5) is 2.10. The second-order valence-electron chi connectivity index (χ2n) is 5.37. The molecular weight excluding hydrogens is 269 g/mol. The van der Waals surface area contributed by atoms with Gasteiger partial charge in [0.2, 0.25) is 0 Å². The summed E-state index contributed by atoms with van der Waals surface area (Å²) in [5.74, 6) is -1.10. The summed E-state index contributed by atoms with van der Waals surface area (Å²) in [5, 5.41) is 3.26. The van der Waals surface area contributed by atoms with Crippen molar-refractivity contribution in [1.82, 2.24) is 10.2 Å². The van der Waals surface area contributed by atoms with Gasteiger partial charge in [0.05, 0.1) is 12.5 Å². The summed E-state index contributed by atoms with van der Waals surface area (Å²) in [6.45, 7) is 7.19. The Balaban J connectivity index is 1.94. The molecule has 0 aromatic heterocycles. The van der Waals surface area contributed by atoms with Gasteiger partial charge in [0.1, 0.15) is 0 Å². The van der Waals surface area contributed by atoms with E-state index in [1.54, 1.807) is 0 Å². The first-order valence-electron chi connectivity index (χ1n) is 7.61. The van der Waals surface area contributed by atoms with E-state index < -0.39 is 12.1 Å². The first kappa shape index (κ1) is 17.7. The quantitative estimate of drug-likeness (QED) is 0.662. The Bertz CT molecular complexity index is 241. The van der Waals surface area contributed by atoms with E-state index in [0.29, 0.717) is 19.7 Å². The maximum Gasteiger partial charge on any atom is 0.391 e. The lowest BCUT2D eigenvalue weighted by molar-refractivity contribution is -0.184. The predicted molar refractivity (Wildman–Crippen MR) is 73.8 cm³/mol. The molecule has 1 heterocycles. The normalized spacial score (nSPS) is 18.6. The number of alkyl halides is 3. The predicted octanol–water partition coefficient (Wildman–Crippen LogP) is 2.67. The van der Waals surface area contributed by atoms with Gasteiger partial charge in [-0.3, -0.25) is 0 Å². The van der Waals surface area contributed by atoms with Gasteiger partial charge in [-0.05, 0) is 32.4 Å². The van der Waals surface area contributed by atoms with E-state index in [1.165, 1.54) is 0 Å². The minimum atomic E-state index is -4.01. The highest BCUT2D eigenvalue weighted by molar-refractivity contribution is 4.77. The van der Waals surface area contributed by atoms with Crippen molar-refractivity contribution < 1.29 is 17.9 Å². The van der Waals surface area contributed by atoms with Crippen LogP contribution in [-0.4, -0.2) is 57.0 Å². The standard InChI is InChI=1S/C14H27F3N2O/c1-2-3-11-20-12-7-18-6-10-19-8-4-13(5-9-19)14(15,16)17/h13,18H,2-12H2,1H3. The van der Waals surface area contributed by atoms with Crippen molar-refractivity contribution in [2.75, 3.05) is 45.9 Å². The van der Waals surface area contributed by atoms with E-state index in [4.69, 9.17) is 4.74 Å². The molecular formula is C14H27F3N2O. The maximum atomic E-state index is 12.5. The molecule has 0 atom stereocenters. The molecule has 3 nitrogen and oxygen atoms in total. The molecule has 1 saturated heterocycles. The average molecular weight is 296 g/mol. The molecule has 20 heavy (non-hydrogen) atoms. The van der Waals surface area contributed by atoms with Gasteiger partial charge in [-0.2, -0.15) is 13.2 Å². The maximum absolute atomic E-state index is 12.5. The van der Waals surface area contributed by atoms with Crippen molar-refractivity contribution in [1.29, 1.82) is 0 Å². The van der Waals surface area contributed by atoms with Gasteiger partial charge >= 0.3 is 6.18 Å². The van der Waals surface area contributed by atoms with E-state index in [0.717, 1.165) is 39.1 Å². The number of nitrogens with one attached hydrogen (secondary N) is 1. The van der Waals surface area contributed by atoms with Gasteiger partial charge in [-0.15, -0.1) is 0 Å². The number of ether oxygens (including phenoxy) is 1. The van der Waals surface area contributed by atoms with Crippen LogP contribution in [0.4, 0.5) is 13.2 Å². The molecule has 0 bridgehead atoms. The summed E-state index contributed by atoms with van der Waals surface area (Å²) in [7, 11) is 0. The number of piperidine rings is 1. The van der Waals surface area contributed by atoms with Crippen molar-refractivity contribution in [3.63, 3.8) is 0 Å². The summed E-state index contributed by atoms with van der Waals surface area (Å²) in [6, 6.07) is 0. The van der Waals surface area contributed by atoms with Crippen LogP contribution in [0.1, 0.15) is 32.6 Å². The summed E-state index contributed by atoms with van der Waals surface area (Å²) >= 11 is 0. The Morgan fingerprint density at radius 2 is 1.85 bits per heavy atom. The Labute approximate surface area is 119 Å². The number of hydrogen-bond acceptors (Lipinski definition) is 3. The topological polar surface area (TPSA) is 24.5 Å². The van der Waals surface area contributed by atoms with Crippen LogP contribution >= 0.6 is 0 Å². The molecule has 0 saturated carbocycles. The minimum Gasteiger partial charge on any atom is -0.380 e. The molecule has 0 aromatic carbocycles. The van der Waals surface area contributed by atoms with Gasteiger partial charge in [0, 0.05) is 26.2 Å². The summed E-state index contributed by atoms with van der Waals surface area (Å²) < 4.78 is 42.9. The largest absolute Gasteiger partial charge is 0.391 e. The van der Waals surface area contributed by atoms with Gasteiger partial charge in [0.25, 0.3) is 0 Å². The highest BCUT2D eigenvalue weighted by Crippen LogP contribution is 2.33. The molecule has 0 unspecified atom stereocenters. The number of unbranched alkanes of at least 4 members (excludes halogenated alkanes) is 1. The highest BCUT2D eigenvalue weighted by atomic mass is 19.4. The monoisotopic (exact) mass is 296 g/mol. The van der Waals surface area contributed by atoms with Crippen LogP contribution in [0.25, 0.3) is 0 Å². The van der Waals surface area contributed by atoms with Crippen LogP contribution in [-0.2, 0) is 4.74 Å². The Morgan fingerprint density at radius 3 is 2.45 bits per heavy atom. The average Bonchev–Trinajstić information content (AvgIpc) is 2.41. The number of likely N-dealkylation sites (tertiary alicyclic amines) is 1. The summed E-state index contributed by atoms with van der Waals surface area (Å²) in [6.07, 6.45) is -1.30. The zero-order chi connectivity index (χ0) is 14.8. The number of hydrogen-bond donors (Lipinski definition) is 1. The van der Waals surface area contributed by atoms with Crippen molar-refractivity contribution in [3.05, 3.63) is 0 Å². The lowest BCUT2D eigenvalue weighted by atomic mass is 9.96. The highest BCUT2D eigenvalue weighted by Gasteiger charge is 2.40. The van der Waals surface area contributed by atoms with Gasteiger partial charge in [-0.25, -0.2) is 0 Å². The van der Waals surface area contributed by atoms with Crippen molar-refractivity contribution >= 4 is 0 Å². The molecule has 1 aliphatic rings. The van der Waals surface area contributed by atoms with Crippen LogP contribution < -0.4 is 5.32 Å². The zero-order valence-electron chi connectivity index (χ0n) is 12.3. The second-order valence-corrected chi connectivity index (χ2v) is 5.37. The van der Waals surface area contributed by atoms with Crippen LogP contribution in [0.2, 0.25) is 0 Å². The molecule has 1 rings (SSSR count). The smallest absolute Gasteiger partial charge is 0.380 e. The molecule has 6 heteroatoms. The first-order valence-corrected chi connectivity index (χ1v) is 7.61. The molecule has 1 N–H and O–H groups in total. The van der Waals surface area contributed by atoms with E-state index in [9.17, 15) is 13.2 Å². The van der Waals surface area contributed by atoms with Crippen LogP contribution in [0, 0.1) is 5.92 Å². The molecule has 0 amide bonds. The molecule has 120 valence electrons. The molecule has 1 aliphatic heterocycles.